The van der Waals surface area contributed by atoms with Gasteiger partial charge in [-0.15, -0.1) is 0 Å². The van der Waals surface area contributed by atoms with Crippen LogP contribution in [0.1, 0.15) is 23.1 Å². The van der Waals surface area contributed by atoms with Crippen LogP contribution in [-0.4, -0.2) is 0 Å². The van der Waals surface area contributed by atoms with Crippen molar-refractivity contribution >= 4 is 32.9 Å². The third kappa shape index (κ3) is 3.01. The van der Waals surface area contributed by atoms with Crippen molar-refractivity contribution in [1.29, 1.82) is 0 Å². The molecule has 0 N–H and O–H groups in total. The topological polar surface area (TPSA) is 3.24 Å². The normalized spacial score (nSPS) is 16.0. The van der Waals surface area contributed by atoms with E-state index < -0.39 is 0 Å². The lowest BCUT2D eigenvalue weighted by Crippen LogP contribution is -2.40. The van der Waals surface area contributed by atoms with Crippen LogP contribution in [0.4, 0.5) is 11.4 Å². The summed E-state index contributed by atoms with van der Waals surface area (Å²) in [6, 6.07) is 47.3. The molecular weight excluding hydrogens is 494 g/mol. The molecule has 41 heavy (non-hydrogen) atoms. The highest BCUT2D eigenvalue weighted by Crippen LogP contribution is 2.63. The van der Waals surface area contributed by atoms with E-state index >= 15 is 0 Å². The molecule has 1 heteroatoms. The molecule has 1 aliphatic heterocycles. The monoisotopic (exact) mass is 521 g/mol. The first kappa shape index (κ1) is 22.7. The molecular formula is C40H27N. The lowest BCUT2D eigenvalue weighted by atomic mass is 9.63. The summed E-state index contributed by atoms with van der Waals surface area (Å²) in [7, 11) is 0. The maximum atomic E-state index is 2.49. The van der Waals surface area contributed by atoms with Crippen molar-refractivity contribution in [3.8, 4) is 11.1 Å². The van der Waals surface area contributed by atoms with Crippen LogP contribution in [-0.2, 0) is 5.41 Å². The van der Waals surface area contributed by atoms with E-state index in [1.54, 1.807) is 0 Å². The van der Waals surface area contributed by atoms with Crippen molar-refractivity contribution < 1.29 is 0 Å². The summed E-state index contributed by atoms with van der Waals surface area (Å²) in [4.78, 5) is 2.49. The molecule has 0 aromatic heterocycles. The third-order valence-electron chi connectivity index (χ3n) is 9.22. The predicted molar refractivity (Wildman–Crippen MR) is 172 cm³/mol. The van der Waals surface area contributed by atoms with Crippen LogP contribution in [0.5, 0.6) is 0 Å². The van der Waals surface area contributed by atoms with Crippen molar-refractivity contribution in [3.63, 3.8) is 0 Å². The number of hydrogen-bond donors (Lipinski definition) is 0. The Labute approximate surface area is 240 Å². The number of allylic oxidation sites excluding steroid dienone is 5. The largest absolute Gasteiger partial charge is 0.310 e. The predicted octanol–water partition coefficient (Wildman–Crippen LogP) is 10.2. The van der Waals surface area contributed by atoms with Gasteiger partial charge < -0.3 is 4.90 Å². The van der Waals surface area contributed by atoms with Gasteiger partial charge in [0.15, 0.2) is 0 Å². The molecule has 1 spiro atoms. The van der Waals surface area contributed by atoms with Crippen molar-refractivity contribution in [2.75, 3.05) is 4.90 Å². The van der Waals surface area contributed by atoms with Gasteiger partial charge in [0, 0.05) is 5.69 Å². The van der Waals surface area contributed by atoms with Crippen LogP contribution < -0.4 is 4.90 Å². The summed E-state index contributed by atoms with van der Waals surface area (Å²) in [6.07, 6.45) is 10.2. The summed E-state index contributed by atoms with van der Waals surface area (Å²) in [6.45, 7) is 0. The van der Waals surface area contributed by atoms with E-state index in [0.29, 0.717) is 0 Å². The van der Waals surface area contributed by atoms with Crippen molar-refractivity contribution in [3.05, 3.63) is 180 Å². The molecule has 0 radical (unpaired) electrons. The van der Waals surface area contributed by atoms with Crippen LogP contribution in [0.3, 0.4) is 0 Å². The smallest absolute Gasteiger partial charge is 0.0751 e. The Bertz CT molecular complexity index is 2090. The fourth-order valence-electron chi connectivity index (χ4n) is 7.58. The van der Waals surface area contributed by atoms with Crippen LogP contribution >= 0.6 is 0 Å². The van der Waals surface area contributed by atoms with Gasteiger partial charge in [0.1, 0.15) is 0 Å². The quantitative estimate of drug-likeness (QED) is 0.195. The zero-order valence-electron chi connectivity index (χ0n) is 22.6. The van der Waals surface area contributed by atoms with Gasteiger partial charge in [-0.05, 0) is 97.8 Å². The van der Waals surface area contributed by atoms with Gasteiger partial charge >= 0.3 is 0 Å². The summed E-state index contributed by atoms with van der Waals surface area (Å²) < 4.78 is 0. The molecule has 192 valence electrons. The van der Waals surface area contributed by atoms with E-state index in [2.05, 4.69) is 157 Å². The molecule has 1 nitrogen and oxygen atoms in total. The minimum Gasteiger partial charge on any atom is -0.310 e. The molecule has 6 aromatic rings. The minimum absolute atomic E-state index is 0.370. The van der Waals surface area contributed by atoms with Gasteiger partial charge in [-0.1, -0.05) is 115 Å². The molecule has 0 unspecified atom stereocenters. The van der Waals surface area contributed by atoms with E-state index in [0.717, 1.165) is 6.42 Å². The Balaban J connectivity index is 1.36. The number of fused-ring (bicyclic) bond motifs is 11. The average Bonchev–Trinajstić information content (AvgIpc) is 3.13. The molecule has 3 aliphatic rings. The molecule has 6 aromatic carbocycles. The molecule has 0 fully saturated rings. The number of benzene rings is 6. The van der Waals surface area contributed by atoms with Crippen molar-refractivity contribution in [1.82, 2.24) is 0 Å². The van der Waals surface area contributed by atoms with Gasteiger partial charge in [0.05, 0.1) is 16.8 Å². The van der Waals surface area contributed by atoms with Gasteiger partial charge in [0.25, 0.3) is 0 Å². The van der Waals surface area contributed by atoms with Gasteiger partial charge in [0.2, 0.25) is 0 Å². The molecule has 0 saturated heterocycles. The second kappa shape index (κ2) is 8.43. The fourth-order valence-corrected chi connectivity index (χ4v) is 7.58. The number of para-hydroxylation sites is 1. The zero-order chi connectivity index (χ0) is 27.0. The van der Waals surface area contributed by atoms with E-state index in [9.17, 15) is 0 Å². The van der Waals surface area contributed by atoms with Crippen LogP contribution in [0, 0.1) is 0 Å². The SMILES string of the molecule is C1=CCC=C2C(=C1)N(c1ccc3cc4ccccc4cc3c1)c1ccccc1C21c2ccccc2-c2ccccc21. The number of rotatable bonds is 1. The van der Waals surface area contributed by atoms with Crippen LogP contribution in [0.25, 0.3) is 32.7 Å². The molecule has 2 aliphatic carbocycles. The lowest BCUT2D eigenvalue weighted by Gasteiger charge is -2.47. The first-order valence-corrected chi connectivity index (χ1v) is 14.4. The second-order valence-electron chi connectivity index (χ2n) is 11.3. The Kier molecular flexibility index (Phi) is 4.66. The van der Waals surface area contributed by atoms with Crippen LogP contribution in [0.2, 0.25) is 0 Å². The standard InChI is InChI=1S/C40H27N/c1-2-18-36-38(20-3-1)41(31-23-22-29-24-27-12-4-5-13-28(27)25-30(29)26-31)39-21-11-10-19-37(39)40(36)34-16-8-6-14-32(34)33-15-7-9-17-35(33)40/h1,3-26H,2H2. The van der Waals surface area contributed by atoms with E-state index in [-0.39, 0.29) is 5.41 Å². The highest BCUT2D eigenvalue weighted by molar-refractivity contribution is 6.01. The fraction of sp³-hybridized carbons (Fsp3) is 0.0500. The summed E-state index contributed by atoms with van der Waals surface area (Å²) >= 11 is 0. The van der Waals surface area contributed by atoms with Crippen molar-refractivity contribution in [2.45, 2.75) is 11.8 Å². The maximum absolute atomic E-state index is 2.49. The number of hydrogen-bond acceptors (Lipinski definition) is 1. The Morgan fingerprint density at radius 3 is 1.90 bits per heavy atom. The van der Waals surface area contributed by atoms with Crippen molar-refractivity contribution in [2.24, 2.45) is 0 Å². The highest BCUT2D eigenvalue weighted by atomic mass is 15.2. The van der Waals surface area contributed by atoms with Crippen LogP contribution in [0.15, 0.2) is 163 Å². The van der Waals surface area contributed by atoms with Gasteiger partial charge in [-0.25, -0.2) is 0 Å². The van der Waals surface area contributed by atoms with Gasteiger partial charge in [-0.2, -0.15) is 0 Å². The summed E-state index contributed by atoms with van der Waals surface area (Å²) in [5, 5.41) is 5.06. The third-order valence-corrected chi connectivity index (χ3v) is 9.22. The Morgan fingerprint density at radius 2 is 1.15 bits per heavy atom. The first-order chi connectivity index (χ1) is 20.3. The minimum atomic E-state index is -0.370. The number of anilines is 2. The molecule has 0 atom stereocenters. The highest BCUT2D eigenvalue weighted by Gasteiger charge is 2.53. The molecule has 0 saturated carbocycles. The van der Waals surface area contributed by atoms with E-state index in [1.807, 2.05) is 0 Å². The molecule has 1 heterocycles. The molecule has 9 rings (SSSR count). The van der Waals surface area contributed by atoms with Gasteiger partial charge in [-0.3, -0.25) is 0 Å². The Morgan fingerprint density at radius 1 is 0.537 bits per heavy atom. The average molecular weight is 522 g/mol. The molecule has 0 amide bonds. The Hall–Kier alpha value is -5.14. The lowest BCUT2D eigenvalue weighted by molar-refractivity contribution is 0.723. The maximum Gasteiger partial charge on any atom is 0.0751 e. The summed E-state index contributed by atoms with van der Waals surface area (Å²) in [5.74, 6) is 0. The second-order valence-corrected chi connectivity index (χ2v) is 11.3. The van der Waals surface area contributed by atoms with E-state index in [1.165, 1.54) is 72.0 Å². The number of nitrogens with zero attached hydrogens (tertiary/aromatic N) is 1. The van der Waals surface area contributed by atoms with E-state index in [4.69, 9.17) is 0 Å². The summed E-state index contributed by atoms with van der Waals surface area (Å²) in [5.41, 5.74) is 11.4. The molecule has 0 bridgehead atoms. The first-order valence-electron chi connectivity index (χ1n) is 14.4. The zero-order valence-corrected chi connectivity index (χ0v) is 22.6.